The molecule has 4 heterocycles. The average molecular weight is 363 g/mol. The van der Waals surface area contributed by atoms with Gasteiger partial charge in [0.1, 0.15) is 5.82 Å². The average Bonchev–Trinajstić information content (AvgIpc) is 3.23. The van der Waals surface area contributed by atoms with Crippen LogP contribution in [-0.4, -0.2) is 40.0 Å². The van der Waals surface area contributed by atoms with Crippen molar-refractivity contribution in [1.82, 2.24) is 19.9 Å². The van der Waals surface area contributed by atoms with Crippen molar-refractivity contribution in [2.45, 2.75) is 25.7 Å². The van der Waals surface area contributed by atoms with Gasteiger partial charge in [0.15, 0.2) is 0 Å². The maximum Gasteiger partial charge on any atom is 0.132 e. The molecule has 0 atom stereocenters. The Kier molecular flexibility index (Phi) is 3.80. The molecule has 0 amide bonds. The normalized spacial score (nSPS) is 16.7. The first kappa shape index (κ1) is 16.0. The fraction of sp³-hybridized carbons (Fsp3) is 0.333. The number of thiophene rings is 1. The molecule has 3 aromatic heterocycles. The number of H-pyrrole nitrogens is 1. The maximum atomic E-state index is 4.90. The summed E-state index contributed by atoms with van der Waals surface area (Å²) < 4.78 is 1.33. The van der Waals surface area contributed by atoms with E-state index in [2.05, 4.69) is 59.2 Å². The molecule has 5 rings (SSSR count). The van der Waals surface area contributed by atoms with E-state index in [9.17, 15) is 0 Å². The summed E-state index contributed by atoms with van der Waals surface area (Å²) >= 11 is 1.84. The van der Waals surface area contributed by atoms with Gasteiger partial charge >= 0.3 is 0 Å². The Morgan fingerprint density at radius 3 is 2.81 bits per heavy atom. The molecule has 1 fully saturated rings. The lowest BCUT2D eigenvalue weighted by atomic mass is 9.96. The summed E-state index contributed by atoms with van der Waals surface area (Å²) in [5, 5.41) is 1.34. The largest absolute Gasteiger partial charge is 0.351 e. The molecule has 0 aliphatic carbocycles. The summed E-state index contributed by atoms with van der Waals surface area (Å²) in [5.74, 6) is 1.49. The van der Waals surface area contributed by atoms with E-state index in [0.717, 1.165) is 48.5 Å². The van der Waals surface area contributed by atoms with Crippen LogP contribution in [0, 0.1) is 6.92 Å². The number of hydrogen-bond acceptors (Lipinski definition) is 4. The van der Waals surface area contributed by atoms with Crippen LogP contribution in [0.4, 0.5) is 0 Å². The molecule has 132 valence electrons. The van der Waals surface area contributed by atoms with E-state index < -0.39 is 0 Å². The molecule has 0 unspecified atom stereocenters. The van der Waals surface area contributed by atoms with Crippen LogP contribution < -0.4 is 0 Å². The molecular formula is C21H22N4S. The lowest BCUT2D eigenvalue weighted by Crippen LogP contribution is -2.29. The van der Waals surface area contributed by atoms with Gasteiger partial charge in [0.2, 0.25) is 0 Å². The van der Waals surface area contributed by atoms with Crippen molar-refractivity contribution in [2.75, 3.05) is 20.1 Å². The highest BCUT2D eigenvalue weighted by atomic mass is 32.1. The van der Waals surface area contributed by atoms with Gasteiger partial charge in [0.25, 0.3) is 0 Å². The van der Waals surface area contributed by atoms with Crippen LogP contribution >= 0.6 is 11.3 Å². The first-order chi connectivity index (χ1) is 12.7. The Morgan fingerprint density at radius 1 is 1.19 bits per heavy atom. The molecule has 0 radical (unpaired) electrons. The molecule has 1 aliphatic rings. The van der Waals surface area contributed by atoms with Crippen molar-refractivity contribution in [3.63, 3.8) is 0 Å². The van der Waals surface area contributed by atoms with Crippen LogP contribution in [0.15, 0.2) is 36.5 Å². The van der Waals surface area contributed by atoms with E-state index in [1.807, 2.05) is 17.5 Å². The quantitative estimate of drug-likeness (QED) is 0.548. The van der Waals surface area contributed by atoms with Gasteiger partial charge < -0.3 is 9.88 Å². The first-order valence-corrected chi connectivity index (χ1v) is 10.0. The SMILES string of the molecule is Cc1c(-c2cc3nc(C4CCN(C)CC4)ncc3[nH]2)sc2ccccc12. The molecule has 1 aliphatic heterocycles. The van der Waals surface area contributed by atoms with Crippen molar-refractivity contribution >= 4 is 32.5 Å². The molecule has 26 heavy (non-hydrogen) atoms. The zero-order valence-corrected chi connectivity index (χ0v) is 15.9. The Morgan fingerprint density at radius 2 is 2.00 bits per heavy atom. The van der Waals surface area contributed by atoms with Gasteiger partial charge in [-0.3, -0.25) is 0 Å². The smallest absolute Gasteiger partial charge is 0.132 e. The van der Waals surface area contributed by atoms with Gasteiger partial charge in [0.05, 0.1) is 27.8 Å². The number of nitrogens with one attached hydrogen (secondary N) is 1. The Balaban J connectivity index is 1.54. The summed E-state index contributed by atoms with van der Waals surface area (Å²) in [6.45, 7) is 4.46. The molecule has 0 spiro atoms. The van der Waals surface area contributed by atoms with Crippen LogP contribution in [0.25, 0.3) is 31.7 Å². The Hall–Kier alpha value is -2.24. The Bertz CT molecular complexity index is 1090. The molecular weight excluding hydrogens is 340 g/mol. The molecule has 4 aromatic rings. The molecule has 0 saturated carbocycles. The third kappa shape index (κ3) is 2.63. The van der Waals surface area contributed by atoms with Crippen molar-refractivity contribution in [1.29, 1.82) is 0 Å². The lowest BCUT2D eigenvalue weighted by molar-refractivity contribution is 0.251. The van der Waals surface area contributed by atoms with Crippen molar-refractivity contribution < 1.29 is 0 Å². The van der Waals surface area contributed by atoms with Crippen molar-refractivity contribution in [3.8, 4) is 10.6 Å². The number of aryl methyl sites for hydroxylation is 1. The first-order valence-electron chi connectivity index (χ1n) is 9.22. The number of aromatic amines is 1. The van der Waals surface area contributed by atoms with E-state index in [1.54, 1.807) is 0 Å². The topological polar surface area (TPSA) is 44.8 Å². The molecule has 1 aromatic carbocycles. The second-order valence-corrected chi connectivity index (χ2v) is 8.39. The number of rotatable bonds is 2. The fourth-order valence-corrected chi connectivity index (χ4v) is 5.13. The van der Waals surface area contributed by atoms with Crippen LogP contribution in [0.3, 0.4) is 0 Å². The molecule has 1 N–H and O–H groups in total. The predicted octanol–water partition coefficient (Wildman–Crippen LogP) is 4.96. The second-order valence-electron chi connectivity index (χ2n) is 7.34. The summed E-state index contributed by atoms with van der Waals surface area (Å²) in [5.41, 5.74) is 4.53. The van der Waals surface area contributed by atoms with Crippen LogP contribution in [0.5, 0.6) is 0 Å². The number of aromatic nitrogens is 3. The summed E-state index contributed by atoms with van der Waals surface area (Å²) in [7, 11) is 2.19. The van der Waals surface area contributed by atoms with E-state index in [-0.39, 0.29) is 0 Å². The maximum absolute atomic E-state index is 4.90. The zero-order chi connectivity index (χ0) is 17.7. The van der Waals surface area contributed by atoms with Gasteiger partial charge in [-0.05, 0) is 63.0 Å². The lowest BCUT2D eigenvalue weighted by Gasteiger charge is -2.27. The highest BCUT2D eigenvalue weighted by Crippen LogP contribution is 2.38. The van der Waals surface area contributed by atoms with Gasteiger partial charge in [-0.25, -0.2) is 9.97 Å². The van der Waals surface area contributed by atoms with Crippen LogP contribution in [-0.2, 0) is 0 Å². The number of fused-ring (bicyclic) bond motifs is 2. The van der Waals surface area contributed by atoms with Gasteiger partial charge in [-0.15, -0.1) is 11.3 Å². The minimum atomic E-state index is 0.486. The number of hydrogen-bond donors (Lipinski definition) is 1. The third-order valence-electron chi connectivity index (χ3n) is 5.56. The zero-order valence-electron chi connectivity index (χ0n) is 15.1. The van der Waals surface area contributed by atoms with Gasteiger partial charge in [-0.1, -0.05) is 18.2 Å². The second kappa shape index (κ2) is 6.18. The minimum Gasteiger partial charge on any atom is -0.351 e. The summed E-state index contributed by atoms with van der Waals surface area (Å²) in [6, 6.07) is 10.8. The van der Waals surface area contributed by atoms with Crippen molar-refractivity contribution in [2.24, 2.45) is 0 Å². The van der Waals surface area contributed by atoms with E-state index in [0.29, 0.717) is 5.92 Å². The summed E-state index contributed by atoms with van der Waals surface area (Å²) in [4.78, 5) is 16.8. The molecule has 0 bridgehead atoms. The number of nitrogens with zero attached hydrogens (tertiary/aromatic N) is 3. The van der Waals surface area contributed by atoms with Crippen LogP contribution in [0.1, 0.15) is 30.1 Å². The summed E-state index contributed by atoms with van der Waals surface area (Å²) in [6.07, 6.45) is 4.26. The van der Waals surface area contributed by atoms with Gasteiger partial charge in [0, 0.05) is 10.6 Å². The predicted molar refractivity (Wildman–Crippen MR) is 109 cm³/mol. The third-order valence-corrected chi connectivity index (χ3v) is 6.87. The number of piperidine rings is 1. The molecule has 4 nitrogen and oxygen atoms in total. The van der Waals surface area contributed by atoms with E-state index in [1.165, 1.54) is 20.5 Å². The molecule has 5 heteroatoms. The standard InChI is InChI=1S/C21H22N4S/c1-13-15-5-3-4-6-19(15)26-20(13)17-11-16-18(23-17)12-22-21(24-16)14-7-9-25(2)10-8-14/h3-6,11-12,14,23H,7-10H2,1-2H3. The van der Waals surface area contributed by atoms with Crippen LogP contribution in [0.2, 0.25) is 0 Å². The highest BCUT2D eigenvalue weighted by Gasteiger charge is 2.21. The highest BCUT2D eigenvalue weighted by molar-refractivity contribution is 7.22. The Labute approximate surface area is 156 Å². The number of likely N-dealkylation sites (tertiary alicyclic amines) is 1. The fourth-order valence-electron chi connectivity index (χ4n) is 3.95. The van der Waals surface area contributed by atoms with E-state index >= 15 is 0 Å². The van der Waals surface area contributed by atoms with Crippen molar-refractivity contribution in [3.05, 3.63) is 47.9 Å². The van der Waals surface area contributed by atoms with Gasteiger partial charge in [-0.2, -0.15) is 0 Å². The molecule has 1 saturated heterocycles. The number of benzene rings is 1. The van der Waals surface area contributed by atoms with E-state index in [4.69, 9.17) is 4.98 Å². The monoisotopic (exact) mass is 362 g/mol. The minimum absolute atomic E-state index is 0.486.